The van der Waals surface area contributed by atoms with Crippen LogP contribution >= 0.6 is 0 Å². The Bertz CT molecular complexity index is 1460. The van der Waals surface area contributed by atoms with Crippen molar-refractivity contribution in [1.82, 2.24) is 9.97 Å². The number of hydrogen-bond donors (Lipinski definition) is 1. The molecule has 2 aliphatic heterocycles. The van der Waals surface area contributed by atoms with Crippen molar-refractivity contribution in [3.63, 3.8) is 0 Å². The number of amides is 1. The number of sulfonamides is 1. The monoisotopic (exact) mass is 509 g/mol. The molecule has 1 N–H and O–H groups in total. The first-order chi connectivity index (χ1) is 17.2. The summed E-state index contributed by atoms with van der Waals surface area (Å²) in [6.45, 7) is 2.69. The van der Waals surface area contributed by atoms with Crippen LogP contribution in [-0.2, 0) is 14.8 Å². The first-order valence-electron chi connectivity index (χ1n) is 11.5. The molecular weight excluding hydrogens is 482 g/mol. The smallest absolute Gasteiger partial charge is 0.238 e. The van der Waals surface area contributed by atoms with E-state index >= 15 is 0 Å². The van der Waals surface area contributed by atoms with Crippen LogP contribution in [0.3, 0.4) is 0 Å². The van der Waals surface area contributed by atoms with Gasteiger partial charge in [0.15, 0.2) is 0 Å². The summed E-state index contributed by atoms with van der Waals surface area (Å²) in [5, 5.41) is 3.20. The number of hydrogen-bond acceptors (Lipinski definition) is 8. The van der Waals surface area contributed by atoms with Gasteiger partial charge in [-0.05, 0) is 37.6 Å². The molecule has 36 heavy (non-hydrogen) atoms. The molecule has 4 heterocycles. The van der Waals surface area contributed by atoms with E-state index in [1.165, 1.54) is 14.2 Å². The van der Waals surface area contributed by atoms with Crippen molar-refractivity contribution in [2.45, 2.75) is 25.9 Å². The number of pyridine rings is 2. The highest BCUT2D eigenvalue weighted by molar-refractivity contribution is 7.92. The third-order valence-corrected chi connectivity index (χ3v) is 7.64. The molecule has 0 radical (unpaired) electrons. The molecule has 1 atom stereocenters. The van der Waals surface area contributed by atoms with E-state index in [9.17, 15) is 13.2 Å². The molecule has 188 valence electrons. The van der Waals surface area contributed by atoms with E-state index in [1.807, 2.05) is 31.2 Å². The molecule has 0 bridgehead atoms. The number of carbonyl (C=O) groups is 1. The molecule has 0 spiro atoms. The Morgan fingerprint density at radius 2 is 1.97 bits per heavy atom. The lowest BCUT2D eigenvalue weighted by atomic mass is 9.94. The number of anilines is 4. The molecule has 11 heteroatoms. The van der Waals surface area contributed by atoms with E-state index in [0.717, 1.165) is 51.7 Å². The van der Waals surface area contributed by atoms with Crippen LogP contribution in [0.1, 0.15) is 31.4 Å². The summed E-state index contributed by atoms with van der Waals surface area (Å²) in [4.78, 5) is 22.8. The zero-order chi connectivity index (χ0) is 25.6. The molecule has 0 aliphatic carbocycles. The van der Waals surface area contributed by atoms with Gasteiger partial charge in [0.2, 0.25) is 21.8 Å². The van der Waals surface area contributed by atoms with Crippen LogP contribution in [0.25, 0.3) is 11.1 Å². The molecule has 1 saturated heterocycles. The van der Waals surface area contributed by atoms with Crippen molar-refractivity contribution in [1.29, 1.82) is 0 Å². The summed E-state index contributed by atoms with van der Waals surface area (Å²) < 4.78 is 36.7. The summed E-state index contributed by atoms with van der Waals surface area (Å²) in [5.74, 6) is 1.62. The Hall–Kier alpha value is -3.86. The Labute approximate surface area is 209 Å². The number of benzene rings is 1. The average Bonchev–Trinajstić information content (AvgIpc) is 3.28. The zero-order valence-electron chi connectivity index (χ0n) is 20.5. The Morgan fingerprint density at radius 3 is 2.67 bits per heavy atom. The number of ether oxygens (including phenoxy) is 2. The minimum Gasteiger partial charge on any atom is -0.485 e. The highest BCUT2D eigenvalue weighted by Gasteiger charge is 2.27. The number of rotatable bonds is 6. The standard InChI is InChI=1S/C25H27N5O5S/c1-15-19-12-23(28-16-10-21(25(34-3)27-13-16)29(2)36(4,32)33)26-14-20(19)18-8-7-17(11-22(18)35-15)30-9-5-6-24(30)31/h7-8,10-15H,5-6,9H2,1-4H3,(H,26,28). The second kappa shape index (κ2) is 8.98. The van der Waals surface area contributed by atoms with E-state index in [-0.39, 0.29) is 17.9 Å². The number of aromatic nitrogens is 2. The Morgan fingerprint density at radius 1 is 1.17 bits per heavy atom. The van der Waals surface area contributed by atoms with Crippen LogP contribution < -0.4 is 24.0 Å². The fourth-order valence-corrected chi connectivity index (χ4v) is 4.98. The van der Waals surface area contributed by atoms with Gasteiger partial charge in [-0.1, -0.05) is 0 Å². The summed E-state index contributed by atoms with van der Waals surface area (Å²) in [6.07, 6.45) is 5.66. The van der Waals surface area contributed by atoms with Crippen molar-refractivity contribution in [2.75, 3.05) is 41.5 Å². The van der Waals surface area contributed by atoms with Gasteiger partial charge >= 0.3 is 0 Å². The van der Waals surface area contributed by atoms with Gasteiger partial charge in [-0.25, -0.2) is 18.4 Å². The lowest BCUT2D eigenvalue weighted by Crippen LogP contribution is -2.25. The number of methoxy groups -OCH3 is 1. The maximum Gasteiger partial charge on any atom is 0.238 e. The third-order valence-electron chi connectivity index (χ3n) is 6.45. The number of nitrogens with zero attached hydrogens (tertiary/aromatic N) is 4. The van der Waals surface area contributed by atoms with Crippen LogP contribution in [0.15, 0.2) is 42.7 Å². The van der Waals surface area contributed by atoms with E-state index < -0.39 is 10.0 Å². The van der Waals surface area contributed by atoms with Crippen LogP contribution in [0.4, 0.5) is 22.9 Å². The minimum atomic E-state index is -3.51. The largest absolute Gasteiger partial charge is 0.485 e. The van der Waals surface area contributed by atoms with Crippen LogP contribution in [0.2, 0.25) is 0 Å². The van der Waals surface area contributed by atoms with Crippen LogP contribution in [0, 0.1) is 0 Å². The van der Waals surface area contributed by atoms with Crippen molar-refractivity contribution in [2.24, 2.45) is 0 Å². The molecule has 2 aromatic heterocycles. The van der Waals surface area contributed by atoms with Crippen molar-refractivity contribution >= 4 is 38.8 Å². The number of nitrogens with one attached hydrogen (secondary N) is 1. The molecule has 5 rings (SSSR count). The molecule has 10 nitrogen and oxygen atoms in total. The van der Waals surface area contributed by atoms with Gasteiger partial charge in [-0.15, -0.1) is 0 Å². The predicted molar refractivity (Wildman–Crippen MR) is 138 cm³/mol. The maximum atomic E-state index is 12.2. The summed E-state index contributed by atoms with van der Waals surface area (Å²) in [7, 11) is -0.628. The second-order valence-electron chi connectivity index (χ2n) is 8.85. The zero-order valence-corrected chi connectivity index (χ0v) is 21.3. The molecule has 1 amide bonds. The van der Waals surface area contributed by atoms with Gasteiger partial charge < -0.3 is 19.7 Å². The van der Waals surface area contributed by atoms with E-state index in [2.05, 4.69) is 15.3 Å². The third kappa shape index (κ3) is 4.30. The summed E-state index contributed by atoms with van der Waals surface area (Å²) in [6, 6.07) is 9.39. The first kappa shape index (κ1) is 23.9. The first-order valence-corrected chi connectivity index (χ1v) is 13.4. The average molecular weight is 510 g/mol. The lowest BCUT2D eigenvalue weighted by Gasteiger charge is -2.28. The second-order valence-corrected chi connectivity index (χ2v) is 10.9. The number of fused-ring (bicyclic) bond motifs is 3. The Kier molecular flexibility index (Phi) is 5.95. The summed E-state index contributed by atoms with van der Waals surface area (Å²) >= 11 is 0. The Balaban J connectivity index is 1.45. The summed E-state index contributed by atoms with van der Waals surface area (Å²) in [5.41, 5.74) is 4.54. The van der Waals surface area contributed by atoms with Gasteiger partial charge in [0.1, 0.15) is 23.4 Å². The highest BCUT2D eigenvalue weighted by atomic mass is 32.2. The predicted octanol–water partition coefficient (Wildman–Crippen LogP) is 3.87. The molecule has 1 unspecified atom stereocenters. The maximum absolute atomic E-state index is 12.2. The number of carbonyl (C=O) groups excluding carboxylic acids is 1. The van der Waals surface area contributed by atoms with Gasteiger partial charge in [0.25, 0.3) is 0 Å². The highest BCUT2D eigenvalue weighted by Crippen LogP contribution is 2.44. The fraction of sp³-hybridized carbons (Fsp3) is 0.320. The van der Waals surface area contributed by atoms with Crippen molar-refractivity contribution < 1.29 is 22.7 Å². The SMILES string of the molecule is COc1ncc(Nc2cc3c(cn2)-c2ccc(N4CCCC4=O)cc2OC3C)cc1N(C)S(C)(=O)=O. The van der Waals surface area contributed by atoms with Crippen LogP contribution in [0.5, 0.6) is 11.6 Å². The molecule has 1 aromatic carbocycles. The quantitative estimate of drug-likeness (QED) is 0.533. The molecule has 3 aromatic rings. The van der Waals surface area contributed by atoms with E-state index in [0.29, 0.717) is 23.6 Å². The molecule has 2 aliphatic rings. The molecular formula is C25H27N5O5S. The van der Waals surface area contributed by atoms with Gasteiger partial charge in [-0.2, -0.15) is 0 Å². The van der Waals surface area contributed by atoms with Gasteiger partial charge in [0.05, 0.1) is 25.2 Å². The topological polar surface area (TPSA) is 114 Å². The van der Waals surface area contributed by atoms with E-state index in [1.54, 1.807) is 23.4 Å². The van der Waals surface area contributed by atoms with Gasteiger partial charge in [0, 0.05) is 54.7 Å². The lowest BCUT2D eigenvalue weighted by molar-refractivity contribution is -0.117. The normalized spacial score (nSPS) is 16.7. The van der Waals surface area contributed by atoms with Crippen molar-refractivity contribution in [3.05, 3.63) is 48.3 Å². The van der Waals surface area contributed by atoms with Gasteiger partial charge in [-0.3, -0.25) is 9.10 Å². The molecule has 1 fully saturated rings. The fourth-order valence-electron chi connectivity index (χ4n) is 4.49. The minimum absolute atomic E-state index is 0.135. The van der Waals surface area contributed by atoms with Crippen molar-refractivity contribution in [3.8, 4) is 22.8 Å². The van der Waals surface area contributed by atoms with Crippen LogP contribution in [-0.4, -0.2) is 51.3 Å². The van der Waals surface area contributed by atoms with E-state index in [4.69, 9.17) is 9.47 Å². The molecule has 0 saturated carbocycles.